The molecule has 0 fully saturated rings. The normalized spacial score (nSPS) is 11.3. The third-order valence-electron chi connectivity index (χ3n) is 4.48. The Morgan fingerprint density at radius 2 is 0.943 bits per heavy atom. The molecule has 0 aliphatic carbocycles. The monoisotopic (exact) mass is 488 g/mol. The molecule has 0 unspecified atom stereocenters. The van der Waals surface area contributed by atoms with Gasteiger partial charge in [-0.3, -0.25) is 9.59 Å². The fraction of sp³-hybridized carbons (Fsp3) is 0.0526. The van der Waals surface area contributed by atoms with Crippen LogP contribution in [0.3, 0.4) is 0 Å². The van der Waals surface area contributed by atoms with Crippen molar-refractivity contribution in [2.45, 2.75) is 6.92 Å². The number of carbonyl (C=O) groups excluding carboxylic acids is 2. The smallest absolute Gasteiger partial charge is 0.423 e. The fourth-order valence-electron chi connectivity index (χ4n) is 3.30. The van der Waals surface area contributed by atoms with Gasteiger partial charge in [-0.2, -0.15) is 0 Å². The molecule has 35 heavy (non-hydrogen) atoms. The van der Waals surface area contributed by atoms with E-state index in [2.05, 4.69) is 0 Å². The van der Waals surface area contributed by atoms with Gasteiger partial charge in [0, 0.05) is 6.92 Å². The molecule has 0 radical (unpaired) electrons. The first kappa shape index (κ1) is 21.3. The molecule has 3 aromatic heterocycles. The molecule has 3 heterocycles. The molecule has 0 bridgehead atoms. The zero-order valence-electron chi connectivity index (χ0n) is 16.6. The van der Waals surface area contributed by atoms with Crippen LogP contribution in [0.4, 0.5) is 0 Å². The van der Waals surface area contributed by atoms with Crippen molar-refractivity contribution in [1.82, 2.24) is 0 Å². The van der Waals surface area contributed by atoms with Gasteiger partial charge in [0.2, 0.25) is 22.5 Å². The molecule has 16 nitrogen and oxygen atoms in total. The highest BCUT2D eigenvalue weighted by atomic mass is 16.6. The molecule has 0 saturated heterocycles. The summed E-state index contributed by atoms with van der Waals surface area (Å²) in [5.74, 6) is -2.67. The summed E-state index contributed by atoms with van der Waals surface area (Å²) in [4.78, 5) is 94.5. The zero-order valence-corrected chi connectivity index (χ0v) is 16.6. The Bertz CT molecular complexity index is 2120. The first-order valence-electron chi connectivity index (χ1n) is 8.96. The van der Waals surface area contributed by atoms with Crippen molar-refractivity contribution in [2.75, 3.05) is 0 Å². The van der Waals surface area contributed by atoms with E-state index in [0.717, 1.165) is 6.92 Å². The van der Waals surface area contributed by atoms with Crippen LogP contribution in [0, 0.1) is 0 Å². The van der Waals surface area contributed by atoms with Crippen LogP contribution in [-0.2, 0) is 9.59 Å². The number of fused-ring (bicyclic) bond motifs is 8. The topological polar surface area (TPSA) is 234 Å². The molecule has 5 aromatic rings. The van der Waals surface area contributed by atoms with E-state index in [9.17, 15) is 38.4 Å². The summed E-state index contributed by atoms with van der Waals surface area (Å²) in [6.07, 6.45) is 0. The molecule has 0 aliphatic heterocycles. The molecule has 0 aliphatic rings. The number of hydrogen-bond acceptors (Lipinski definition) is 16. The van der Waals surface area contributed by atoms with Gasteiger partial charge in [-0.05, 0) is 0 Å². The van der Waals surface area contributed by atoms with Gasteiger partial charge < -0.3 is 36.0 Å². The summed E-state index contributed by atoms with van der Waals surface area (Å²) in [5.41, 5.74) is -14.2. The van der Waals surface area contributed by atoms with E-state index >= 15 is 0 Å². The lowest BCUT2D eigenvalue weighted by Gasteiger charge is -2.13. The molecular weight excluding hydrogens is 484 g/mol. The lowest BCUT2D eigenvalue weighted by Crippen LogP contribution is -2.23. The van der Waals surface area contributed by atoms with E-state index < -0.39 is 95.5 Å². The molecule has 2 aromatic carbocycles. The molecule has 176 valence electrons. The van der Waals surface area contributed by atoms with Crippen molar-refractivity contribution in [1.29, 1.82) is 0 Å². The van der Waals surface area contributed by atoms with Gasteiger partial charge in [-0.25, -0.2) is 28.8 Å². The average molecular weight is 488 g/mol. The summed E-state index contributed by atoms with van der Waals surface area (Å²) in [6, 6.07) is 0. The molecule has 5 rings (SSSR count). The minimum atomic E-state index is -1.59. The third-order valence-corrected chi connectivity index (χ3v) is 4.48. The molecule has 0 spiro atoms. The Morgan fingerprint density at radius 3 is 1.37 bits per heavy atom. The van der Waals surface area contributed by atoms with Gasteiger partial charge in [-0.15, -0.1) is 0 Å². The second-order valence-corrected chi connectivity index (χ2v) is 6.53. The minimum absolute atomic E-state index is 0.181. The van der Waals surface area contributed by atoms with Crippen LogP contribution in [0.25, 0.3) is 44.3 Å². The van der Waals surface area contributed by atoms with Gasteiger partial charge in [0.1, 0.15) is 0 Å². The Balaban J connectivity index is 2.32. The van der Waals surface area contributed by atoms with Crippen molar-refractivity contribution in [3.05, 3.63) is 62.5 Å². The Labute approximate surface area is 184 Å². The molecule has 16 heteroatoms. The SMILES string of the molecule is CC(=O)Oc1c(OC=O)c2c3oc(=O)c(=O)oc3c3oc(=O)c(=O)oc3c2c2oc(=O)c(=O)oc12. The first-order valence-corrected chi connectivity index (χ1v) is 8.96. The van der Waals surface area contributed by atoms with Crippen molar-refractivity contribution in [3.8, 4) is 11.5 Å². The number of carbonyl (C=O) groups is 2. The van der Waals surface area contributed by atoms with Gasteiger partial charge >= 0.3 is 39.7 Å². The Morgan fingerprint density at radius 1 is 0.571 bits per heavy atom. The molecule has 0 N–H and O–H groups in total. The van der Waals surface area contributed by atoms with Gasteiger partial charge in [-0.1, -0.05) is 0 Å². The maximum atomic E-state index is 12.0. The summed E-state index contributed by atoms with van der Waals surface area (Å²) >= 11 is 0. The van der Waals surface area contributed by atoms with E-state index in [-0.39, 0.29) is 6.47 Å². The number of hydrogen-bond donors (Lipinski definition) is 0. The largest absolute Gasteiger partial charge is 0.424 e. The standard InChI is InChI=1S/C19H4O16/c1-3(21)29-10-6(28-2-20)4-5(8-11(10)33-17(25)15(23)31-8)9-13(35-19(27)16(24)32-9)12-7(4)30-14(22)18(26)34-12/h2H,1H3. The van der Waals surface area contributed by atoms with E-state index in [1.54, 1.807) is 0 Å². The second-order valence-electron chi connectivity index (χ2n) is 6.53. The van der Waals surface area contributed by atoms with Crippen LogP contribution in [0.2, 0.25) is 0 Å². The van der Waals surface area contributed by atoms with Gasteiger partial charge in [0.25, 0.3) is 6.47 Å². The Kier molecular flexibility index (Phi) is 4.41. The maximum absolute atomic E-state index is 12.0. The van der Waals surface area contributed by atoms with Crippen LogP contribution in [0.1, 0.15) is 6.92 Å². The van der Waals surface area contributed by atoms with Crippen LogP contribution >= 0.6 is 0 Å². The predicted molar refractivity (Wildman–Crippen MR) is 106 cm³/mol. The van der Waals surface area contributed by atoms with Crippen LogP contribution in [0.15, 0.2) is 55.3 Å². The maximum Gasteiger partial charge on any atom is 0.423 e. The number of ether oxygens (including phenoxy) is 2. The average Bonchev–Trinajstić information content (AvgIpc) is 2.79. The minimum Gasteiger partial charge on any atom is -0.424 e. The molecule has 0 saturated carbocycles. The Hall–Kier alpha value is -5.54. The third kappa shape index (κ3) is 3.00. The highest BCUT2D eigenvalue weighted by molar-refractivity contribution is 6.27. The van der Waals surface area contributed by atoms with E-state index in [4.69, 9.17) is 36.0 Å². The lowest BCUT2D eigenvalue weighted by atomic mass is 10.0. The van der Waals surface area contributed by atoms with E-state index in [1.807, 2.05) is 0 Å². The highest BCUT2D eigenvalue weighted by Crippen LogP contribution is 2.48. The van der Waals surface area contributed by atoms with Crippen molar-refractivity contribution < 1.29 is 45.6 Å². The molecular formula is C19H4O16. The van der Waals surface area contributed by atoms with Gasteiger partial charge in [0.15, 0.2) is 22.5 Å². The first-order chi connectivity index (χ1) is 16.6. The predicted octanol–water partition coefficient (Wildman–Crippen LogP) is -0.521. The fourth-order valence-corrected chi connectivity index (χ4v) is 3.30. The lowest BCUT2D eigenvalue weighted by molar-refractivity contribution is -0.132. The number of benzene rings is 2. The van der Waals surface area contributed by atoms with E-state index in [0.29, 0.717) is 0 Å². The molecule has 0 atom stereocenters. The number of rotatable bonds is 3. The van der Waals surface area contributed by atoms with Crippen LogP contribution < -0.4 is 43.2 Å². The summed E-state index contributed by atoms with van der Waals surface area (Å²) in [6.45, 7) is 0.725. The van der Waals surface area contributed by atoms with E-state index in [1.165, 1.54) is 0 Å². The van der Waals surface area contributed by atoms with Gasteiger partial charge in [0.05, 0.1) is 10.8 Å². The quantitative estimate of drug-likeness (QED) is 0.102. The summed E-state index contributed by atoms with van der Waals surface area (Å²) in [5, 5.41) is -1.22. The van der Waals surface area contributed by atoms with Crippen molar-refractivity contribution in [2.24, 2.45) is 0 Å². The summed E-state index contributed by atoms with van der Waals surface area (Å²) < 4.78 is 39.2. The second kappa shape index (κ2) is 7.24. The summed E-state index contributed by atoms with van der Waals surface area (Å²) in [7, 11) is 0. The zero-order chi connectivity index (χ0) is 25.2. The highest BCUT2D eigenvalue weighted by Gasteiger charge is 2.32. The van der Waals surface area contributed by atoms with Crippen LogP contribution in [-0.4, -0.2) is 12.4 Å². The van der Waals surface area contributed by atoms with Crippen molar-refractivity contribution in [3.63, 3.8) is 0 Å². The van der Waals surface area contributed by atoms with Crippen molar-refractivity contribution >= 4 is 56.7 Å². The number of esters is 1. The molecule has 0 amide bonds. The van der Waals surface area contributed by atoms with Crippen LogP contribution in [0.5, 0.6) is 11.5 Å².